The van der Waals surface area contributed by atoms with E-state index >= 15 is 0 Å². The Morgan fingerprint density at radius 1 is 1.15 bits per heavy atom. The Morgan fingerprint density at radius 3 is 2.60 bits per heavy atom. The van der Waals surface area contributed by atoms with Crippen LogP contribution in [0.15, 0.2) is 42.5 Å². The van der Waals surface area contributed by atoms with E-state index in [4.69, 9.17) is 9.84 Å². The molecule has 0 saturated heterocycles. The van der Waals surface area contributed by atoms with Gasteiger partial charge in [0, 0.05) is 5.56 Å². The molecule has 3 heteroatoms. The monoisotopic (exact) mass is 270 g/mol. The van der Waals surface area contributed by atoms with E-state index < -0.39 is 5.97 Å². The molecule has 2 aromatic rings. The van der Waals surface area contributed by atoms with E-state index in [2.05, 4.69) is 6.92 Å². The maximum atomic E-state index is 11.1. The maximum absolute atomic E-state index is 11.1. The molecule has 0 aliphatic carbocycles. The number of hydrogen-bond donors (Lipinski definition) is 1. The Morgan fingerprint density at radius 2 is 1.90 bits per heavy atom. The van der Waals surface area contributed by atoms with Crippen LogP contribution in [0, 0.1) is 6.92 Å². The quantitative estimate of drug-likeness (QED) is 0.887. The molecule has 3 nitrogen and oxygen atoms in total. The summed E-state index contributed by atoms with van der Waals surface area (Å²) < 4.78 is 5.75. The van der Waals surface area contributed by atoms with Gasteiger partial charge in [0.15, 0.2) is 0 Å². The largest absolute Gasteiger partial charge is 0.493 e. The normalized spacial score (nSPS) is 10.3. The van der Waals surface area contributed by atoms with E-state index in [1.807, 2.05) is 37.3 Å². The summed E-state index contributed by atoms with van der Waals surface area (Å²) in [6.07, 6.45) is 0.933. The maximum Gasteiger partial charge on any atom is 0.335 e. The average molecular weight is 270 g/mol. The molecule has 0 spiro atoms. The third-order valence-corrected chi connectivity index (χ3v) is 3.12. The van der Waals surface area contributed by atoms with E-state index in [1.165, 1.54) is 0 Å². The number of rotatable bonds is 5. The summed E-state index contributed by atoms with van der Waals surface area (Å²) in [5.74, 6) is -0.127. The van der Waals surface area contributed by atoms with Crippen molar-refractivity contribution in [1.29, 1.82) is 0 Å². The predicted molar refractivity (Wildman–Crippen MR) is 79.4 cm³/mol. The van der Waals surface area contributed by atoms with Crippen molar-refractivity contribution in [2.75, 3.05) is 6.61 Å². The number of ether oxygens (including phenoxy) is 1. The van der Waals surface area contributed by atoms with Crippen LogP contribution in [0.3, 0.4) is 0 Å². The minimum atomic E-state index is -0.918. The van der Waals surface area contributed by atoms with Gasteiger partial charge >= 0.3 is 5.97 Å². The van der Waals surface area contributed by atoms with Crippen LogP contribution >= 0.6 is 0 Å². The van der Waals surface area contributed by atoms with Gasteiger partial charge in [0.1, 0.15) is 5.75 Å². The molecule has 0 aromatic heterocycles. The van der Waals surface area contributed by atoms with E-state index in [-0.39, 0.29) is 5.56 Å². The van der Waals surface area contributed by atoms with Gasteiger partial charge in [0.25, 0.3) is 0 Å². The lowest BCUT2D eigenvalue weighted by atomic mass is 9.97. The van der Waals surface area contributed by atoms with Crippen molar-refractivity contribution < 1.29 is 14.6 Å². The fourth-order valence-electron chi connectivity index (χ4n) is 2.07. The van der Waals surface area contributed by atoms with Crippen LogP contribution in [0.5, 0.6) is 5.75 Å². The van der Waals surface area contributed by atoms with Crippen LogP contribution in [0.25, 0.3) is 11.1 Å². The molecule has 0 aliphatic rings. The molecule has 0 atom stereocenters. The molecular weight excluding hydrogens is 252 g/mol. The van der Waals surface area contributed by atoms with E-state index in [0.29, 0.717) is 6.61 Å². The molecule has 0 bridgehead atoms. The zero-order valence-electron chi connectivity index (χ0n) is 11.7. The molecule has 1 N–H and O–H groups in total. The average Bonchev–Trinajstić information content (AvgIpc) is 2.46. The van der Waals surface area contributed by atoms with Crippen LogP contribution in [0.4, 0.5) is 0 Å². The predicted octanol–water partition coefficient (Wildman–Crippen LogP) is 4.15. The molecule has 0 amide bonds. The van der Waals surface area contributed by atoms with Gasteiger partial charge in [0.2, 0.25) is 0 Å². The molecule has 0 aliphatic heterocycles. The van der Waals surface area contributed by atoms with Gasteiger partial charge in [-0.3, -0.25) is 0 Å². The number of carboxylic acid groups (broad SMARTS) is 1. The van der Waals surface area contributed by atoms with Gasteiger partial charge in [-0.2, -0.15) is 0 Å². The van der Waals surface area contributed by atoms with Crippen molar-refractivity contribution in [3.63, 3.8) is 0 Å². The number of carbonyl (C=O) groups is 1. The highest BCUT2D eigenvalue weighted by molar-refractivity contribution is 5.90. The molecular formula is C17H18O3. The van der Waals surface area contributed by atoms with Gasteiger partial charge in [-0.25, -0.2) is 4.79 Å². The molecule has 0 heterocycles. The number of para-hydroxylation sites is 1. The third-order valence-electron chi connectivity index (χ3n) is 3.12. The first-order chi connectivity index (χ1) is 9.63. The van der Waals surface area contributed by atoms with Crippen molar-refractivity contribution in [3.05, 3.63) is 53.6 Å². The number of benzene rings is 2. The minimum absolute atomic E-state index is 0.288. The SMILES string of the molecule is CCCOc1ccccc1-c1cc(C(=O)O)ccc1C. The fraction of sp³-hybridized carbons (Fsp3) is 0.235. The number of hydrogen-bond acceptors (Lipinski definition) is 2. The minimum Gasteiger partial charge on any atom is -0.493 e. The standard InChI is InChI=1S/C17H18O3/c1-3-10-20-16-7-5-4-6-14(16)15-11-13(17(18)19)9-8-12(15)2/h4-9,11H,3,10H2,1-2H3,(H,18,19). The zero-order valence-corrected chi connectivity index (χ0v) is 11.7. The third kappa shape index (κ3) is 2.99. The molecule has 104 valence electrons. The topological polar surface area (TPSA) is 46.5 Å². The lowest BCUT2D eigenvalue weighted by Gasteiger charge is -2.13. The summed E-state index contributed by atoms with van der Waals surface area (Å²) >= 11 is 0. The van der Waals surface area contributed by atoms with Crippen LogP contribution < -0.4 is 4.74 Å². The van der Waals surface area contributed by atoms with Crippen molar-refractivity contribution in [1.82, 2.24) is 0 Å². The first kappa shape index (κ1) is 14.1. The number of aryl methyl sites for hydroxylation is 1. The molecule has 2 aromatic carbocycles. The molecule has 2 rings (SSSR count). The van der Waals surface area contributed by atoms with Gasteiger partial charge in [0.05, 0.1) is 12.2 Å². The lowest BCUT2D eigenvalue weighted by molar-refractivity contribution is 0.0697. The Labute approximate surface area is 118 Å². The molecule has 0 saturated carbocycles. The summed E-state index contributed by atoms with van der Waals surface area (Å²) in [4.78, 5) is 11.1. The summed E-state index contributed by atoms with van der Waals surface area (Å²) in [6.45, 7) is 4.67. The molecule has 20 heavy (non-hydrogen) atoms. The Bertz CT molecular complexity index is 617. The zero-order chi connectivity index (χ0) is 14.5. The van der Waals surface area contributed by atoms with Crippen LogP contribution in [-0.2, 0) is 0 Å². The highest BCUT2D eigenvalue weighted by atomic mass is 16.5. The first-order valence-electron chi connectivity index (χ1n) is 6.69. The van der Waals surface area contributed by atoms with Crippen molar-refractivity contribution in [2.45, 2.75) is 20.3 Å². The summed E-state index contributed by atoms with van der Waals surface area (Å²) in [6, 6.07) is 12.9. The van der Waals surface area contributed by atoms with Gasteiger partial charge < -0.3 is 9.84 Å². The smallest absolute Gasteiger partial charge is 0.335 e. The van der Waals surface area contributed by atoms with Crippen LogP contribution in [0.2, 0.25) is 0 Å². The van der Waals surface area contributed by atoms with Crippen LogP contribution in [-0.4, -0.2) is 17.7 Å². The van der Waals surface area contributed by atoms with Crippen molar-refractivity contribution in [3.8, 4) is 16.9 Å². The van der Waals surface area contributed by atoms with Crippen molar-refractivity contribution >= 4 is 5.97 Å². The van der Waals surface area contributed by atoms with Gasteiger partial charge in [-0.05, 0) is 42.7 Å². The number of carboxylic acids is 1. The molecule has 0 fully saturated rings. The van der Waals surface area contributed by atoms with Gasteiger partial charge in [-0.1, -0.05) is 31.2 Å². The lowest BCUT2D eigenvalue weighted by Crippen LogP contribution is -2.00. The van der Waals surface area contributed by atoms with Crippen molar-refractivity contribution in [2.24, 2.45) is 0 Å². The van der Waals surface area contributed by atoms with E-state index in [1.54, 1.807) is 12.1 Å². The first-order valence-corrected chi connectivity index (χ1v) is 6.69. The Kier molecular flexibility index (Phi) is 4.41. The molecule has 0 radical (unpaired) electrons. The Hall–Kier alpha value is -2.29. The second-order valence-corrected chi connectivity index (χ2v) is 4.68. The van der Waals surface area contributed by atoms with E-state index in [0.717, 1.165) is 28.9 Å². The second kappa shape index (κ2) is 6.24. The molecule has 0 unspecified atom stereocenters. The highest BCUT2D eigenvalue weighted by Crippen LogP contribution is 2.32. The Balaban J connectivity index is 2.50. The van der Waals surface area contributed by atoms with E-state index in [9.17, 15) is 4.79 Å². The van der Waals surface area contributed by atoms with Crippen LogP contribution in [0.1, 0.15) is 29.3 Å². The second-order valence-electron chi connectivity index (χ2n) is 4.68. The summed E-state index contributed by atoms with van der Waals surface area (Å²) in [5.41, 5.74) is 3.15. The summed E-state index contributed by atoms with van der Waals surface area (Å²) in [5, 5.41) is 9.13. The highest BCUT2D eigenvalue weighted by Gasteiger charge is 2.11. The van der Waals surface area contributed by atoms with Gasteiger partial charge in [-0.15, -0.1) is 0 Å². The number of aromatic carboxylic acids is 1. The fourth-order valence-corrected chi connectivity index (χ4v) is 2.07. The summed E-state index contributed by atoms with van der Waals surface area (Å²) in [7, 11) is 0.